The Kier molecular flexibility index (Phi) is 3.64. The van der Waals surface area contributed by atoms with Gasteiger partial charge in [0.2, 0.25) is 0 Å². The van der Waals surface area contributed by atoms with E-state index in [2.05, 4.69) is 45.7 Å². The first-order chi connectivity index (χ1) is 5.49. The van der Waals surface area contributed by atoms with E-state index >= 15 is 0 Å². The van der Waals surface area contributed by atoms with Crippen LogP contribution >= 0.6 is 31.9 Å². The van der Waals surface area contributed by atoms with E-state index < -0.39 is 5.60 Å². The van der Waals surface area contributed by atoms with Gasteiger partial charge in [-0.25, -0.2) is 0 Å². The summed E-state index contributed by atoms with van der Waals surface area (Å²) in [6.07, 6.45) is 3.51. The summed E-state index contributed by atoms with van der Waals surface area (Å²) in [5.74, 6) is 0.759. The molecule has 0 aromatic carbocycles. The van der Waals surface area contributed by atoms with E-state index in [1.54, 1.807) is 0 Å². The van der Waals surface area contributed by atoms with Gasteiger partial charge < -0.3 is 5.11 Å². The van der Waals surface area contributed by atoms with Crippen LogP contribution in [0, 0.1) is 11.8 Å². The van der Waals surface area contributed by atoms with Crippen LogP contribution in [0.15, 0.2) is 0 Å². The molecule has 0 spiro atoms. The molecular formula is C9H16Br2O. The van der Waals surface area contributed by atoms with Gasteiger partial charge in [-0.3, -0.25) is 0 Å². The Bertz CT molecular complexity index is 149. The third-order valence-electron chi connectivity index (χ3n) is 3.20. The summed E-state index contributed by atoms with van der Waals surface area (Å²) >= 11 is 6.88. The van der Waals surface area contributed by atoms with E-state index in [4.69, 9.17) is 0 Å². The molecule has 1 aliphatic rings. The van der Waals surface area contributed by atoms with Gasteiger partial charge in [0, 0.05) is 0 Å². The highest BCUT2D eigenvalue weighted by atomic mass is 79.9. The predicted octanol–water partition coefficient (Wildman–Crippen LogP) is 3.29. The summed E-state index contributed by atoms with van der Waals surface area (Å²) in [5.41, 5.74) is -0.571. The fourth-order valence-corrected chi connectivity index (χ4v) is 3.91. The molecule has 12 heavy (non-hydrogen) atoms. The molecule has 0 aromatic heterocycles. The minimum Gasteiger partial charge on any atom is -0.387 e. The Labute approximate surface area is 91.2 Å². The second-order valence-electron chi connectivity index (χ2n) is 3.92. The van der Waals surface area contributed by atoms with Gasteiger partial charge >= 0.3 is 0 Å². The first-order valence-corrected chi connectivity index (χ1v) is 6.33. The van der Waals surface area contributed by atoms with Crippen molar-refractivity contribution in [1.82, 2.24) is 0 Å². The Morgan fingerprint density at radius 1 is 1.25 bits per heavy atom. The summed E-state index contributed by atoms with van der Waals surface area (Å²) in [6, 6.07) is 0. The van der Waals surface area contributed by atoms with Crippen molar-refractivity contribution in [2.45, 2.75) is 42.4 Å². The van der Waals surface area contributed by atoms with Gasteiger partial charge in [0.25, 0.3) is 0 Å². The fourth-order valence-electron chi connectivity index (χ4n) is 2.11. The van der Waals surface area contributed by atoms with Gasteiger partial charge in [0.15, 0.2) is 0 Å². The normalized spacial score (nSPS) is 35.5. The quantitative estimate of drug-likeness (QED) is 0.737. The minimum absolute atomic E-state index is 0.0165. The van der Waals surface area contributed by atoms with Crippen molar-refractivity contribution in [3.63, 3.8) is 0 Å². The third-order valence-corrected chi connectivity index (χ3v) is 4.67. The molecule has 1 N–H and O–H groups in total. The molecule has 1 fully saturated rings. The zero-order chi connectivity index (χ0) is 9.35. The van der Waals surface area contributed by atoms with Gasteiger partial charge in [-0.05, 0) is 24.7 Å². The van der Waals surface area contributed by atoms with Gasteiger partial charge in [-0.2, -0.15) is 0 Å². The van der Waals surface area contributed by atoms with Crippen LogP contribution in [0.1, 0.15) is 33.1 Å². The van der Waals surface area contributed by atoms with E-state index in [1.807, 2.05) is 0 Å². The maximum atomic E-state index is 10.4. The van der Waals surface area contributed by atoms with Gasteiger partial charge in [0.1, 0.15) is 0 Å². The lowest BCUT2D eigenvalue weighted by atomic mass is 9.71. The number of halogens is 2. The second kappa shape index (κ2) is 3.97. The lowest BCUT2D eigenvalue weighted by Gasteiger charge is -2.44. The smallest absolute Gasteiger partial charge is 0.0989 e. The molecule has 72 valence electrons. The average molecular weight is 300 g/mol. The lowest BCUT2D eigenvalue weighted by molar-refractivity contribution is -0.0660. The van der Waals surface area contributed by atoms with Gasteiger partial charge in [0.05, 0.1) is 9.34 Å². The van der Waals surface area contributed by atoms with Crippen LogP contribution in [-0.4, -0.2) is 14.4 Å². The SMILES string of the molecule is C[C@@H]1CCC[C@@H](C)C1(O)C(Br)Br. The van der Waals surface area contributed by atoms with Crippen molar-refractivity contribution < 1.29 is 5.11 Å². The summed E-state index contributed by atoms with van der Waals surface area (Å²) < 4.78 is 0.0165. The van der Waals surface area contributed by atoms with Crippen LogP contribution in [0.3, 0.4) is 0 Å². The van der Waals surface area contributed by atoms with Crippen LogP contribution < -0.4 is 0 Å². The van der Waals surface area contributed by atoms with Gasteiger partial charge in [-0.15, -0.1) is 0 Å². The molecule has 1 saturated carbocycles. The zero-order valence-electron chi connectivity index (χ0n) is 7.56. The highest BCUT2D eigenvalue weighted by molar-refractivity contribution is 9.24. The monoisotopic (exact) mass is 298 g/mol. The number of hydrogen-bond acceptors (Lipinski definition) is 1. The van der Waals surface area contributed by atoms with Crippen molar-refractivity contribution >= 4 is 31.9 Å². The predicted molar refractivity (Wildman–Crippen MR) is 58.8 cm³/mol. The summed E-state index contributed by atoms with van der Waals surface area (Å²) in [6.45, 7) is 4.26. The highest BCUT2D eigenvalue weighted by Crippen LogP contribution is 2.44. The van der Waals surface area contributed by atoms with E-state index in [0.717, 1.165) is 12.8 Å². The first kappa shape index (κ1) is 11.0. The van der Waals surface area contributed by atoms with Crippen LogP contribution in [0.4, 0.5) is 0 Å². The number of rotatable bonds is 1. The largest absolute Gasteiger partial charge is 0.387 e. The summed E-state index contributed by atoms with van der Waals surface area (Å²) in [7, 11) is 0. The molecule has 1 nitrogen and oxygen atoms in total. The number of hydrogen-bond donors (Lipinski definition) is 1. The number of aliphatic hydroxyl groups is 1. The topological polar surface area (TPSA) is 20.2 Å². The van der Waals surface area contributed by atoms with E-state index in [-0.39, 0.29) is 3.74 Å². The molecule has 2 atom stereocenters. The van der Waals surface area contributed by atoms with Crippen molar-refractivity contribution in [3.05, 3.63) is 0 Å². The van der Waals surface area contributed by atoms with Crippen molar-refractivity contribution in [2.75, 3.05) is 0 Å². The maximum Gasteiger partial charge on any atom is 0.0989 e. The molecular weight excluding hydrogens is 284 g/mol. The van der Waals surface area contributed by atoms with E-state index in [0.29, 0.717) is 11.8 Å². The molecule has 0 heterocycles. The van der Waals surface area contributed by atoms with Crippen LogP contribution in [0.2, 0.25) is 0 Å². The molecule has 0 amide bonds. The van der Waals surface area contributed by atoms with Crippen molar-refractivity contribution in [3.8, 4) is 0 Å². The summed E-state index contributed by atoms with van der Waals surface area (Å²) in [4.78, 5) is 0. The highest BCUT2D eigenvalue weighted by Gasteiger charge is 2.45. The van der Waals surface area contributed by atoms with Crippen molar-refractivity contribution in [2.24, 2.45) is 11.8 Å². The molecule has 0 bridgehead atoms. The molecule has 1 aliphatic carbocycles. The van der Waals surface area contributed by atoms with Crippen LogP contribution in [0.5, 0.6) is 0 Å². The minimum atomic E-state index is -0.571. The Balaban J connectivity index is 2.80. The Hall–Kier alpha value is 0.920. The van der Waals surface area contributed by atoms with Crippen molar-refractivity contribution in [1.29, 1.82) is 0 Å². The van der Waals surface area contributed by atoms with E-state index in [9.17, 15) is 5.11 Å². The fraction of sp³-hybridized carbons (Fsp3) is 1.00. The van der Waals surface area contributed by atoms with Crippen LogP contribution in [-0.2, 0) is 0 Å². The first-order valence-electron chi connectivity index (χ1n) is 4.50. The Morgan fingerprint density at radius 2 is 1.67 bits per heavy atom. The molecule has 0 radical (unpaired) electrons. The average Bonchev–Trinajstić information content (AvgIpc) is 1.99. The molecule has 0 saturated heterocycles. The molecule has 0 unspecified atom stereocenters. The lowest BCUT2D eigenvalue weighted by Crippen LogP contribution is -2.50. The molecule has 1 rings (SSSR count). The Morgan fingerprint density at radius 3 is 1.92 bits per heavy atom. The second-order valence-corrected chi connectivity index (χ2v) is 6.98. The molecule has 3 heteroatoms. The van der Waals surface area contributed by atoms with E-state index in [1.165, 1.54) is 6.42 Å². The molecule has 0 aliphatic heterocycles. The third kappa shape index (κ3) is 1.73. The summed E-state index contributed by atoms with van der Waals surface area (Å²) in [5, 5.41) is 10.4. The maximum absolute atomic E-state index is 10.4. The molecule has 0 aromatic rings. The standard InChI is InChI=1S/C9H16Br2O/c1-6-4-3-5-7(2)9(6,12)8(10)11/h6-8,12H,3-5H2,1-2H3/t6-,7-/m1/s1. The number of alkyl halides is 2. The van der Waals surface area contributed by atoms with Crippen LogP contribution in [0.25, 0.3) is 0 Å². The zero-order valence-corrected chi connectivity index (χ0v) is 10.7. The van der Waals surface area contributed by atoms with Gasteiger partial charge in [-0.1, -0.05) is 52.1 Å².